The maximum atomic E-state index is 6.14. The predicted molar refractivity (Wildman–Crippen MR) is 96.3 cm³/mol. The van der Waals surface area contributed by atoms with Crippen LogP contribution in [0.5, 0.6) is 0 Å². The van der Waals surface area contributed by atoms with E-state index in [4.69, 9.17) is 6.15 Å². The minimum absolute atomic E-state index is 0.962. The quantitative estimate of drug-likeness (QED) is 0.218. The van der Waals surface area contributed by atoms with Crippen LogP contribution >= 0.6 is 0 Å². The van der Waals surface area contributed by atoms with Crippen molar-refractivity contribution < 1.29 is 6.15 Å². The molecule has 0 aliphatic rings. The van der Waals surface area contributed by atoms with Crippen LogP contribution in [-0.4, -0.2) is 33.8 Å². The van der Waals surface area contributed by atoms with E-state index in [2.05, 4.69) is 20.8 Å². The molecule has 0 saturated heterocycles. The van der Waals surface area contributed by atoms with E-state index in [1.165, 1.54) is 81.5 Å². The summed E-state index contributed by atoms with van der Waals surface area (Å²) in [6.45, 7) is 8.72. The predicted octanol–water partition coefficient (Wildman–Crippen LogP) is 5.98. The zero-order chi connectivity index (χ0) is 15.6. The van der Waals surface area contributed by atoms with Crippen LogP contribution in [0.1, 0.15) is 97.8 Å². The summed E-state index contributed by atoms with van der Waals surface area (Å²) in [7, 11) is 0. The Hall–Kier alpha value is 0.719. The van der Waals surface area contributed by atoms with Gasteiger partial charge in [0.15, 0.2) is 0 Å². The van der Waals surface area contributed by atoms with Gasteiger partial charge in [-0.3, -0.25) is 0 Å². The molecule has 0 N–H and O–H groups in total. The topological polar surface area (TPSA) is 18.5 Å². The van der Waals surface area contributed by atoms with E-state index in [9.17, 15) is 0 Å². The second-order valence-corrected chi connectivity index (χ2v) is 12.1. The van der Waals surface area contributed by atoms with Gasteiger partial charge in [0.1, 0.15) is 0 Å². The van der Waals surface area contributed by atoms with Crippen LogP contribution in [0, 0.1) is 0 Å². The van der Waals surface area contributed by atoms with Gasteiger partial charge in [0.05, 0.1) is 0 Å². The van der Waals surface area contributed by atoms with Gasteiger partial charge in [0.25, 0.3) is 0 Å². The molecule has 0 heterocycles. The molecule has 128 valence electrons. The summed E-state index contributed by atoms with van der Waals surface area (Å²) < 4.78 is 13.5. The van der Waals surface area contributed by atoms with Crippen LogP contribution in [0.4, 0.5) is 0 Å². The zero-order valence-electron chi connectivity index (χ0n) is 15.0. The summed E-state index contributed by atoms with van der Waals surface area (Å²) in [6.07, 6.45) is 15.8. The van der Waals surface area contributed by atoms with E-state index in [0.29, 0.717) is 0 Å². The summed E-state index contributed by atoms with van der Waals surface area (Å²) in [5.41, 5.74) is 0. The maximum absolute atomic E-state index is 6.14. The Balaban J connectivity index is 3.56. The molecule has 0 aliphatic carbocycles. The molecule has 2 nitrogen and oxygen atoms in total. The van der Waals surface area contributed by atoms with Crippen molar-refractivity contribution in [2.75, 3.05) is 13.2 Å². The minimum atomic E-state index is -2.09. The molecule has 0 amide bonds. The number of rotatable bonds is 17. The summed E-state index contributed by atoms with van der Waals surface area (Å²) >= 11 is -2.09. The molecule has 0 bridgehead atoms. The Labute approximate surface area is 142 Å². The molecule has 0 unspecified atom stereocenters. The van der Waals surface area contributed by atoms with E-state index in [0.717, 1.165) is 13.2 Å². The van der Waals surface area contributed by atoms with Crippen LogP contribution < -0.4 is 0 Å². The Morgan fingerprint density at radius 3 is 1.38 bits per heavy atom. The first kappa shape index (κ1) is 21.7. The molecule has 0 atom stereocenters. The van der Waals surface area contributed by atoms with E-state index in [1.54, 1.807) is 0 Å². The van der Waals surface area contributed by atoms with E-state index >= 15 is 0 Å². The first-order chi connectivity index (χ1) is 10.3. The Kier molecular flexibility index (Phi) is 19.4. The SMILES string of the molecule is CCCCCCC[O][SnH]([CH2]CCC)[O]CCCCCCC. The van der Waals surface area contributed by atoms with Gasteiger partial charge in [-0.15, -0.1) is 0 Å². The van der Waals surface area contributed by atoms with Gasteiger partial charge in [0, 0.05) is 0 Å². The van der Waals surface area contributed by atoms with Gasteiger partial charge < -0.3 is 0 Å². The molecule has 0 saturated carbocycles. The van der Waals surface area contributed by atoms with Crippen molar-refractivity contribution in [3.8, 4) is 0 Å². The van der Waals surface area contributed by atoms with Gasteiger partial charge >= 0.3 is 142 Å². The third-order valence-corrected chi connectivity index (χ3v) is 9.87. The molecule has 0 spiro atoms. The van der Waals surface area contributed by atoms with Gasteiger partial charge in [-0.1, -0.05) is 0 Å². The van der Waals surface area contributed by atoms with E-state index in [-0.39, 0.29) is 0 Å². The molecular formula is C18H40O2Sn. The van der Waals surface area contributed by atoms with Crippen LogP contribution in [0.2, 0.25) is 4.44 Å². The summed E-state index contributed by atoms with van der Waals surface area (Å²) in [5.74, 6) is 0. The second kappa shape index (κ2) is 18.8. The fourth-order valence-electron chi connectivity index (χ4n) is 2.43. The molecule has 21 heavy (non-hydrogen) atoms. The van der Waals surface area contributed by atoms with Crippen LogP contribution in [0.15, 0.2) is 0 Å². The van der Waals surface area contributed by atoms with Crippen molar-refractivity contribution in [2.45, 2.75) is 102 Å². The van der Waals surface area contributed by atoms with Crippen molar-refractivity contribution in [1.29, 1.82) is 0 Å². The first-order valence-electron chi connectivity index (χ1n) is 9.58. The molecule has 0 fully saturated rings. The van der Waals surface area contributed by atoms with Gasteiger partial charge in [-0.25, -0.2) is 0 Å². The van der Waals surface area contributed by atoms with Crippen LogP contribution in [0.25, 0.3) is 0 Å². The zero-order valence-corrected chi connectivity index (χ0v) is 18.3. The molecule has 0 radical (unpaired) electrons. The third-order valence-electron chi connectivity index (χ3n) is 3.90. The molecule has 0 aliphatic heterocycles. The molecule has 3 heteroatoms. The Morgan fingerprint density at radius 2 is 0.952 bits per heavy atom. The fraction of sp³-hybridized carbons (Fsp3) is 1.00. The number of unbranched alkanes of at least 4 members (excludes halogenated alkanes) is 9. The Morgan fingerprint density at radius 1 is 0.524 bits per heavy atom. The fourth-order valence-corrected chi connectivity index (χ4v) is 8.22. The molecular weight excluding hydrogens is 367 g/mol. The van der Waals surface area contributed by atoms with Crippen molar-refractivity contribution >= 4 is 20.6 Å². The van der Waals surface area contributed by atoms with Crippen LogP contribution in [-0.2, 0) is 6.15 Å². The van der Waals surface area contributed by atoms with Crippen molar-refractivity contribution in [1.82, 2.24) is 0 Å². The first-order valence-corrected chi connectivity index (χ1v) is 14.6. The van der Waals surface area contributed by atoms with Crippen molar-refractivity contribution in [2.24, 2.45) is 0 Å². The molecule has 0 aromatic rings. The Bertz CT molecular complexity index is 172. The molecule has 0 aromatic heterocycles. The monoisotopic (exact) mass is 408 g/mol. The number of hydrogen-bond acceptors (Lipinski definition) is 2. The van der Waals surface area contributed by atoms with Gasteiger partial charge in [-0.2, -0.15) is 0 Å². The summed E-state index contributed by atoms with van der Waals surface area (Å²) in [4.78, 5) is 0. The average Bonchev–Trinajstić information content (AvgIpc) is 2.50. The molecule has 0 aromatic carbocycles. The summed E-state index contributed by atoms with van der Waals surface area (Å²) in [6, 6.07) is 0. The third kappa shape index (κ3) is 16.9. The van der Waals surface area contributed by atoms with Gasteiger partial charge in [-0.05, 0) is 0 Å². The van der Waals surface area contributed by atoms with Crippen molar-refractivity contribution in [3.63, 3.8) is 0 Å². The van der Waals surface area contributed by atoms with Crippen molar-refractivity contribution in [3.05, 3.63) is 0 Å². The van der Waals surface area contributed by atoms with Gasteiger partial charge in [0.2, 0.25) is 0 Å². The summed E-state index contributed by atoms with van der Waals surface area (Å²) in [5, 5.41) is 0. The van der Waals surface area contributed by atoms with Crippen LogP contribution in [0.3, 0.4) is 0 Å². The van der Waals surface area contributed by atoms with E-state index in [1.807, 2.05) is 0 Å². The molecule has 0 rings (SSSR count). The normalized spacial score (nSPS) is 11.4. The number of hydrogen-bond donors (Lipinski definition) is 0. The standard InChI is InChI=1S/2C7H15O.C4H9.Sn.H/c2*1-2-3-4-5-6-7-8;1-3-4-2;;/h2*2-7H2,1H3;1,3-4H2,2H3;;/q2*-1;;+2;. The van der Waals surface area contributed by atoms with E-state index < -0.39 is 20.6 Å². The average molecular weight is 407 g/mol. The second-order valence-electron chi connectivity index (χ2n) is 6.14.